The summed E-state index contributed by atoms with van der Waals surface area (Å²) in [6, 6.07) is 8.59. The van der Waals surface area contributed by atoms with Crippen LogP contribution in [0.5, 0.6) is 0 Å². The lowest BCUT2D eigenvalue weighted by Gasteiger charge is -2.25. The predicted octanol–water partition coefficient (Wildman–Crippen LogP) is 6.38. The Morgan fingerprint density at radius 1 is 0.875 bits per heavy atom. The molecule has 0 atom stereocenters. The molecule has 0 radical (unpaired) electrons. The Kier molecular flexibility index (Phi) is 8.55. The molecule has 24 heavy (non-hydrogen) atoms. The molecular weight excluding hydrogens is 288 g/mol. The minimum absolute atomic E-state index is 0.577. The van der Waals surface area contributed by atoms with E-state index in [1.807, 2.05) is 0 Å². The van der Waals surface area contributed by atoms with Crippen LogP contribution in [0.15, 0.2) is 24.3 Å². The maximum Gasteiger partial charge on any atom is 0.0255 e. The van der Waals surface area contributed by atoms with Gasteiger partial charge in [-0.1, -0.05) is 69.9 Å². The second-order valence-corrected chi connectivity index (χ2v) is 7.18. The van der Waals surface area contributed by atoms with E-state index in [2.05, 4.69) is 61.8 Å². The summed E-state index contributed by atoms with van der Waals surface area (Å²) in [6.45, 7) is 4.50. The van der Waals surface area contributed by atoms with Gasteiger partial charge in [-0.25, -0.2) is 0 Å². The molecule has 0 saturated heterocycles. The average molecular weight is 321 g/mol. The van der Waals surface area contributed by atoms with Crippen molar-refractivity contribution in [2.75, 3.05) is 0 Å². The molecule has 0 heteroatoms. The Morgan fingerprint density at radius 3 is 2.29 bits per heavy atom. The molecule has 0 heterocycles. The fourth-order valence-corrected chi connectivity index (χ4v) is 3.56. The van der Waals surface area contributed by atoms with Crippen molar-refractivity contribution < 1.29 is 0 Å². The number of unbranched alkanes of at least 4 members (excludes halogenated alkanes) is 2. The average Bonchev–Trinajstić information content (AvgIpc) is 2.62. The Morgan fingerprint density at radius 2 is 1.62 bits per heavy atom. The Balaban J connectivity index is 1.74. The number of aryl methyl sites for hydroxylation is 1. The van der Waals surface area contributed by atoms with Crippen LogP contribution in [-0.4, -0.2) is 0 Å². The van der Waals surface area contributed by atoms with Crippen LogP contribution in [0.25, 0.3) is 0 Å². The predicted molar refractivity (Wildman–Crippen MR) is 105 cm³/mol. The van der Waals surface area contributed by atoms with Crippen molar-refractivity contribution in [3.8, 4) is 23.7 Å². The van der Waals surface area contributed by atoms with Crippen LogP contribution in [0.2, 0.25) is 0 Å². The Labute approximate surface area is 149 Å². The van der Waals surface area contributed by atoms with Gasteiger partial charge < -0.3 is 0 Å². The van der Waals surface area contributed by atoms with Crippen LogP contribution in [0, 0.1) is 35.5 Å². The maximum atomic E-state index is 3.39. The van der Waals surface area contributed by atoms with Crippen molar-refractivity contribution >= 4 is 0 Å². The van der Waals surface area contributed by atoms with E-state index in [1.54, 1.807) is 0 Å². The van der Waals surface area contributed by atoms with Crippen molar-refractivity contribution in [3.63, 3.8) is 0 Å². The van der Waals surface area contributed by atoms with Crippen LogP contribution in [-0.2, 0) is 6.42 Å². The minimum Gasteiger partial charge on any atom is -0.0857 e. The van der Waals surface area contributed by atoms with E-state index in [-0.39, 0.29) is 0 Å². The van der Waals surface area contributed by atoms with Gasteiger partial charge in [0.1, 0.15) is 0 Å². The van der Waals surface area contributed by atoms with E-state index < -0.39 is 0 Å². The third-order valence-corrected chi connectivity index (χ3v) is 5.10. The molecule has 0 spiro atoms. The molecule has 1 aromatic carbocycles. The highest BCUT2D eigenvalue weighted by atomic mass is 14.2. The van der Waals surface area contributed by atoms with Gasteiger partial charge in [-0.05, 0) is 67.6 Å². The summed E-state index contributed by atoms with van der Waals surface area (Å²) in [6.07, 6.45) is 13.2. The van der Waals surface area contributed by atoms with Gasteiger partial charge in [0.15, 0.2) is 0 Å². The van der Waals surface area contributed by atoms with Crippen molar-refractivity contribution in [1.29, 1.82) is 0 Å². The summed E-state index contributed by atoms with van der Waals surface area (Å²) < 4.78 is 0. The zero-order valence-corrected chi connectivity index (χ0v) is 15.5. The molecule has 2 rings (SSSR count). The van der Waals surface area contributed by atoms with Crippen LogP contribution in [0.1, 0.15) is 82.8 Å². The molecule has 0 nitrogen and oxygen atoms in total. The molecule has 0 unspecified atom stereocenters. The van der Waals surface area contributed by atoms with E-state index in [4.69, 9.17) is 0 Å². The lowest BCUT2D eigenvalue weighted by molar-refractivity contribution is 0.294. The summed E-state index contributed by atoms with van der Waals surface area (Å²) in [7, 11) is 0. The van der Waals surface area contributed by atoms with Gasteiger partial charge in [0.25, 0.3) is 0 Å². The van der Waals surface area contributed by atoms with E-state index in [0.29, 0.717) is 5.92 Å². The number of rotatable bonds is 6. The largest absolute Gasteiger partial charge is 0.0857 e. The maximum absolute atomic E-state index is 3.39. The van der Waals surface area contributed by atoms with E-state index in [0.717, 1.165) is 17.9 Å². The highest BCUT2D eigenvalue weighted by Gasteiger charge is 2.19. The molecular formula is C24H32. The van der Waals surface area contributed by atoms with E-state index in [1.165, 1.54) is 63.4 Å². The highest BCUT2D eigenvalue weighted by Crippen LogP contribution is 2.31. The van der Waals surface area contributed by atoms with Gasteiger partial charge in [-0.3, -0.25) is 0 Å². The smallest absolute Gasteiger partial charge is 0.0255 e. The van der Waals surface area contributed by atoms with Crippen molar-refractivity contribution in [2.24, 2.45) is 11.8 Å². The highest BCUT2D eigenvalue weighted by molar-refractivity contribution is 5.41. The standard InChI is InChI=1S/C24H32/c1-3-5-6-10-22-17-19-24(20-18-22)12-8-7-11-23-15-13-21(9-4-2)14-16-23/h13-16,22,24H,3-6,9-10,17-20H2,1-2H3. The van der Waals surface area contributed by atoms with Crippen LogP contribution in [0.4, 0.5) is 0 Å². The van der Waals surface area contributed by atoms with Crippen molar-refractivity contribution in [3.05, 3.63) is 35.4 Å². The molecule has 1 aliphatic rings. The summed E-state index contributed by atoms with van der Waals surface area (Å²) >= 11 is 0. The number of hydrogen-bond donors (Lipinski definition) is 0. The molecule has 1 aliphatic carbocycles. The van der Waals surface area contributed by atoms with Crippen molar-refractivity contribution in [2.45, 2.75) is 78.1 Å². The third kappa shape index (κ3) is 6.84. The normalized spacial score (nSPS) is 19.8. The zero-order chi connectivity index (χ0) is 17.0. The molecule has 0 aliphatic heterocycles. The number of benzene rings is 1. The van der Waals surface area contributed by atoms with Gasteiger partial charge >= 0.3 is 0 Å². The van der Waals surface area contributed by atoms with Crippen LogP contribution < -0.4 is 0 Å². The summed E-state index contributed by atoms with van der Waals surface area (Å²) in [5.41, 5.74) is 2.47. The van der Waals surface area contributed by atoms with Crippen molar-refractivity contribution in [1.82, 2.24) is 0 Å². The minimum atomic E-state index is 0.577. The first-order valence-electron chi connectivity index (χ1n) is 9.92. The molecule has 0 amide bonds. The van der Waals surface area contributed by atoms with Gasteiger partial charge in [0.2, 0.25) is 0 Å². The summed E-state index contributed by atoms with van der Waals surface area (Å²) in [4.78, 5) is 0. The lowest BCUT2D eigenvalue weighted by atomic mass is 9.80. The van der Waals surface area contributed by atoms with Gasteiger partial charge in [0, 0.05) is 11.5 Å². The second-order valence-electron chi connectivity index (χ2n) is 7.18. The fourth-order valence-electron chi connectivity index (χ4n) is 3.56. The Bertz CT molecular complexity index is 577. The molecule has 1 fully saturated rings. The quantitative estimate of drug-likeness (QED) is 0.421. The van der Waals surface area contributed by atoms with Gasteiger partial charge in [-0.2, -0.15) is 0 Å². The molecule has 128 valence electrons. The lowest BCUT2D eigenvalue weighted by Crippen LogP contribution is -2.13. The topological polar surface area (TPSA) is 0 Å². The Hall–Kier alpha value is -1.66. The first-order valence-corrected chi connectivity index (χ1v) is 9.92. The second kappa shape index (κ2) is 11.0. The SMILES string of the molecule is CCCCCC1CCC(C#CC#Cc2ccc(CCC)cc2)CC1. The van der Waals surface area contributed by atoms with Crippen LogP contribution in [0.3, 0.4) is 0 Å². The molecule has 0 aromatic heterocycles. The zero-order valence-electron chi connectivity index (χ0n) is 15.5. The number of hydrogen-bond acceptors (Lipinski definition) is 0. The molecule has 1 saturated carbocycles. The molecule has 1 aromatic rings. The first kappa shape index (κ1) is 18.7. The van der Waals surface area contributed by atoms with Gasteiger partial charge in [0.05, 0.1) is 0 Å². The van der Waals surface area contributed by atoms with E-state index in [9.17, 15) is 0 Å². The summed E-state index contributed by atoms with van der Waals surface area (Å²) in [5, 5.41) is 0. The monoisotopic (exact) mass is 320 g/mol. The third-order valence-electron chi connectivity index (χ3n) is 5.10. The summed E-state index contributed by atoms with van der Waals surface area (Å²) in [5.74, 6) is 14.2. The molecule has 0 N–H and O–H groups in total. The fraction of sp³-hybridized carbons (Fsp3) is 0.583. The first-order chi connectivity index (χ1) is 11.8. The van der Waals surface area contributed by atoms with E-state index >= 15 is 0 Å². The van der Waals surface area contributed by atoms with Crippen LogP contribution >= 0.6 is 0 Å². The van der Waals surface area contributed by atoms with Gasteiger partial charge in [-0.15, -0.1) is 0 Å². The molecule has 0 bridgehead atoms.